The highest BCUT2D eigenvalue weighted by Gasteiger charge is 2.51. The van der Waals surface area contributed by atoms with Crippen LogP contribution in [0.3, 0.4) is 0 Å². The number of aromatic nitrogens is 2. The van der Waals surface area contributed by atoms with E-state index in [9.17, 15) is 9.90 Å². The van der Waals surface area contributed by atoms with Crippen molar-refractivity contribution in [3.63, 3.8) is 0 Å². The first-order valence-electron chi connectivity index (χ1n) is 9.47. The molecule has 2 N–H and O–H groups in total. The summed E-state index contributed by atoms with van der Waals surface area (Å²) in [6, 6.07) is 0. The van der Waals surface area contributed by atoms with Gasteiger partial charge in [-0.25, -0.2) is 0 Å². The first-order chi connectivity index (χ1) is 12.1. The Balaban J connectivity index is 1.44. The Labute approximate surface area is 148 Å². The molecule has 0 spiro atoms. The van der Waals surface area contributed by atoms with Crippen LogP contribution in [0.4, 0.5) is 0 Å². The van der Waals surface area contributed by atoms with Gasteiger partial charge in [-0.05, 0) is 61.7 Å². The average molecular weight is 348 g/mol. The fourth-order valence-corrected chi connectivity index (χ4v) is 6.03. The van der Waals surface area contributed by atoms with Crippen LogP contribution in [0.25, 0.3) is 0 Å². The molecule has 25 heavy (non-hydrogen) atoms. The molecular formula is C18H28N4O3. The van der Waals surface area contributed by atoms with Gasteiger partial charge in [0.2, 0.25) is 5.89 Å². The van der Waals surface area contributed by atoms with Crippen molar-refractivity contribution in [3.8, 4) is 0 Å². The third kappa shape index (κ3) is 3.44. The Morgan fingerprint density at radius 3 is 2.48 bits per heavy atom. The second kappa shape index (κ2) is 6.68. The summed E-state index contributed by atoms with van der Waals surface area (Å²) < 4.78 is 5.24. The third-order valence-corrected chi connectivity index (χ3v) is 6.40. The maximum absolute atomic E-state index is 11.6. The van der Waals surface area contributed by atoms with E-state index in [1.165, 1.54) is 38.5 Å². The minimum Gasteiger partial charge on any atom is -0.395 e. The number of nitrogens with zero attached hydrogens (tertiary/aromatic N) is 3. The van der Waals surface area contributed by atoms with Crippen LogP contribution < -0.4 is 5.32 Å². The van der Waals surface area contributed by atoms with Crippen molar-refractivity contribution in [1.82, 2.24) is 20.4 Å². The zero-order valence-electron chi connectivity index (χ0n) is 14.9. The number of hydrogen-bond donors (Lipinski definition) is 2. The molecule has 7 nitrogen and oxygen atoms in total. The Kier molecular flexibility index (Phi) is 4.54. The highest BCUT2D eigenvalue weighted by Crippen LogP contribution is 2.60. The van der Waals surface area contributed by atoms with Crippen molar-refractivity contribution in [2.24, 2.45) is 23.2 Å². The second-order valence-corrected chi connectivity index (χ2v) is 8.44. The molecule has 0 saturated heterocycles. The molecule has 0 atom stereocenters. The summed E-state index contributed by atoms with van der Waals surface area (Å²) in [6.45, 7) is 2.18. The first kappa shape index (κ1) is 17.0. The van der Waals surface area contributed by atoms with Gasteiger partial charge in [-0.3, -0.25) is 9.69 Å². The Hall–Kier alpha value is -1.47. The first-order valence-corrected chi connectivity index (χ1v) is 9.47. The number of nitrogens with one attached hydrogen (secondary N) is 1. The maximum Gasteiger partial charge on any atom is 0.292 e. The Morgan fingerprint density at radius 1 is 1.28 bits per heavy atom. The molecule has 1 heterocycles. The lowest BCUT2D eigenvalue weighted by molar-refractivity contribution is -0.0723. The summed E-state index contributed by atoms with van der Waals surface area (Å²) in [5, 5.41) is 15.7. The molecule has 0 aromatic carbocycles. The molecule has 4 aliphatic rings. The molecule has 7 heteroatoms. The molecule has 5 rings (SSSR count). The van der Waals surface area contributed by atoms with E-state index in [4.69, 9.17) is 4.52 Å². The van der Waals surface area contributed by atoms with E-state index in [0.29, 0.717) is 24.4 Å². The lowest BCUT2D eigenvalue weighted by Crippen LogP contribution is -2.51. The largest absolute Gasteiger partial charge is 0.395 e. The molecule has 4 fully saturated rings. The van der Waals surface area contributed by atoms with Crippen LogP contribution in [-0.2, 0) is 6.54 Å². The predicted octanol–water partition coefficient (Wildman–Crippen LogP) is 1.44. The van der Waals surface area contributed by atoms with E-state index in [-0.39, 0.29) is 18.3 Å². The van der Waals surface area contributed by atoms with Gasteiger partial charge < -0.3 is 14.9 Å². The molecule has 4 saturated carbocycles. The standard InChI is InChI=1S/C18H28N4O3/c1-19-17(24)16-20-15(25-21-16)10-22(2-3-23)11-18-7-12-4-13(8-18)6-14(5-12)9-18/h12-14,23H,2-11H2,1H3,(H,19,24). The number of amides is 1. The molecule has 4 aliphatic carbocycles. The topological polar surface area (TPSA) is 91.5 Å². The summed E-state index contributed by atoms with van der Waals surface area (Å²) in [5.41, 5.74) is 0.396. The molecule has 1 aromatic rings. The molecule has 0 radical (unpaired) electrons. The van der Waals surface area contributed by atoms with E-state index < -0.39 is 0 Å². The molecule has 4 bridgehead atoms. The van der Waals surface area contributed by atoms with Crippen molar-refractivity contribution >= 4 is 5.91 Å². The fourth-order valence-electron chi connectivity index (χ4n) is 6.03. The van der Waals surface area contributed by atoms with E-state index in [1.54, 1.807) is 7.05 Å². The molecule has 138 valence electrons. The highest BCUT2D eigenvalue weighted by molar-refractivity contribution is 5.89. The number of hydrogen-bond acceptors (Lipinski definition) is 6. The molecule has 0 aliphatic heterocycles. The lowest BCUT2D eigenvalue weighted by Gasteiger charge is -2.57. The van der Waals surface area contributed by atoms with Crippen molar-refractivity contribution < 1.29 is 14.4 Å². The van der Waals surface area contributed by atoms with Gasteiger partial charge >= 0.3 is 0 Å². The summed E-state index contributed by atoms with van der Waals surface area (Å²) in [4.78, 5) is 18.0. The van der Waals surface area contributed by atoms with Gasteiger partial charge in [0.05, 0.1) is 13.2 Å². The quantitative estimate of drug-likeness (QED) is 0.775. The molecular weight excluding hydrogens is 320 g/mol. The van der Waals surface area contributed by atoms with E-state index in [2.05, 4.69) is 20.4 Å². The monoisotopic (exact) mass is 348 g/mol. The summed E-state index contributed by atoms with van der Waals surface area (Å²) in [5.74, 6) is 2.89. The number of aliphatic hydroxyl groups is 1. The predicted molar refractivity (Wildman–Crippen MR) is 90.7 cm³/mol. The Bertz CT molecular complexity index is 594. The molecule has 0 unspecified atom stereocenters. The minimum absolute atomic E-state index is 0.0660. The Morgan fingerprint density at radius 2 is 1.92 bits per heavy atom. The van der Waals surface area contributed by atoms with Crippen LogP contribution >= 0.6 is 0 Å². The van der Waals surface area contributed by atoms with Gasteiger partial charge in [0, 0.05) is 20.1 Å². The number of aliphatic hydroxyl groups excluding tert-OH is 1. The zero-order valence-corrected chi connectivity index (χ0v) is 14.9. The van der Waals surface area contributed by atoms with E-state index >= 15 is 0 Å². The van der Waals surface area contributed by atoms with Gasteiger partial charge in [0.25, 0.3) is 11.7 Å². The highest BCUT2D eigenvalue weighted by atomic mass is 16.5. The van der Waals surface area contributed by atoms with Gasteiger partial charge in [-0.2, -0.15) is 4.98 Å². The van der Waals surface area contributed by atoms with Crippen molar-refractivity contribution in [3.05, 3.63) is 11.7 Å². The van der Waals surface area contributed by atoms with Crippen molar-refractivity contribution in [2.45, 2.75) is 45.1 Å². The van der Waals surface area contributed by atoms with Crippen molar-refractivity contribution in [1.29, 1.82) is 0 Å². The summed E-state index contributed by atoms with van der Waals surface area (Å²) >= 11 is 0. The second-order valence-electron chi connectivity index (χ2n) is 8.44. The van der Waals surface area contributed by atoms with Gasteiger partial charge in [0.15, 0.2) is 0 Å². The minimum atomic E-state index is -0.343. The number of carbonyl (C=O) groups is 1. The van der Waals surface area contributed by atoms with E-state index in [1.807, 2.05) is 0 Å². The smallest absolute Gasteiger partial charge is 0.292 e. The summed E-state index contributed by atoms with van der Waals surface area (Å²) in [7, 11) is 1.55. The maximum atomic E-state index is 11.6. The SMILES string of the molecule is CNC(=O)c1noc(CN(CCO)CC23CC4CC(CC(C4)C2)C3)n1. The van der Waals surface area contributed by atoms with Gasteiger partial charge in [0.1, 0.15) is 0 Å². The zero-order chi connectivity index (χ0) is 17.4. The van der Waals surface area contributed by atoms with Crippen molar-refractivity contribution in [2.75, 3.05) is 26.7 Å². The third-order valence-electron chi connectivity index (χ3n) is 6.40. The molecule has 1 aromatic heterocycles. The number of rotatable bonds is 7. The lowest BCUT2D eigenvalue weighted by atomic mass is 9.49. The van der Waals surface area contributed by atoms with E-state index in [0.717, 1.165) is 24.3 Å². The van der Waals surface area contributed by atoms with Gasteiger partial charge in [-0.15, -0.1) is 0 Å². The van der Waals surface area contributed by atoms with Crippen LogP contribution in [0.15, 0.2) is 4.52 Å². The van der Waals surface area contributed by atoms with Crippen LogP contribution in [0.5, 0.6) is 0 Å². The van der Waals surface area contributed by atoms with Crippen LogP contribution in [-0.4, -0.2) is 52.8 Å². The fraction of sp³-hybridized carbons (Fsp3) is 0.833. The van der Waals surface area contributed by atoms with Gasteiger partial charge in [-0.1, -0.05) is 5.16 Å². The van der Waals surface area contributed by atoms with Crippen LogP contribution in [0, 0.1) is 23.2 Å². The van der Waals surface area contributed by atoms with Crippen LogP contribution in [0.2, 0.25) is 0 Å². The number of carbonyl (C=O) groups excluding carboxylic acids is 1. The average Bonchev–Trinajstić information content (AvgIpc) is 3.01. The van der Waals surface area contributed by atoms with Crippen LogP contribution in [0.1, 0.15) is 55.0 Å². The summed E-state index contributed by atoms with van der Waals surface area (Å²) in [6.07, 6.45) is 8.27. The normalized spacial score (nSPS) is 33.2. The molecule has 1 amide bonds.